The van der Waals surface area contributed by atoms with Crippen molar-refractivity contribution < 1.29 is 19.1 Å². The third kappa shape index (κ3) is 7.91. The van der Waals surface area contributed by atoms with Crippen LogP contribution in [0.4, 0.5) is 5.69 Å². The van der Waals surface area contributed by atoms with E-state index in [-0.39, 0.29) is 23.0 Å². The van der Waals surface area contributed by atoms with Gasteiger partial charge in [0.1, 0.15) is 12.4 Å². The van der Waals surface area contributed by atoms with Gasteiger partial charge >= 0.3 is 0 Å². The van der Waals surface area contributed by atoms with E-state index in [4.69, 9.17) is 21.7 Å². The Hall–Kier alpha value is -3.75. The number of hydrogen-bond donors (Lipinski definition) is 3. The van der Waals surface area contributed by atoms with E-state index < -0.39 is 0 Å². The fourth-order valence-corrected chi connectivity index (χ4v) is 3.49. The molecule has 7 nitrogen and oxygen atoms in total. The van der Waals surface area contributed by atoms with Gasteiger partial charge in [0, 0.05) is 12.2 Å². The molecule has 0 heterocycles. The second-order valence-electron chi connectivity index (χ2n) is 7.63. The highest BCUT2D eigenvalue weighted by Crippen LogP contribution is 2.18. The molecule has 0 spiro atoms. The summed E-state index contributed by atoms with van der Waals surface area (Å²) in [5, 5.41) is 8.68. The Bertz CT molecular complexity index is 1140. The topological polar surface area (TPSA) is 88.7 Å². The van der Waals surface area contributed by atoms with E-state index in [0.29, 0.717) is 42.4 Å². The molecule has 0 fully saturated rings. The lowest BCUT2D eigenvalue weighted by molar-refractivity contribution is 0.0939. The van der Waals surface area contributed by atoms with Crippen molar-refractivity contribution in [1.29, 1.82) is 0 Å². The summed E-state index contributed by atoms with van der Waals surface area (Å²) in [6.45, 7) is 5.42. The number of thiocarbonyl (C=S) groups is 1. The van der Waals surface area contributed by atoms with Gasteiger partial charge in [-0.3, -0.25) is 14.9 Å². The fourth-order valence-electron chi connectivity index (χ4n) is 3.28. The van der Waals surface area contributed by atoms with Gasteiger partial charge in [-0.25, -0.2) is 0 Å². The summed E-state index contributed by atoms with van der Waals surface area (Å²) in [6, 6.07) is 23.2. The van der Waals surface area contributed by atoms with Gasteiger partial charge in [-0.05, 0) is 68.0 Å². The summed E-state index contributed by atoms with van der Waals surface area (Å²) >= 11 is 5.32. The lowest BCUT2D eigenvalue weighted by atomic mass is 10.1. The van der Waals surface area contributed by atoms with Crippen LogP contribution >= 0.6 is 12.2 Å². The predicted octanol–water partition coefficient (Wildman–Crippen LogP) is 4.72. The lowest BCUT2D eigenvalue weighted by Crippen LogP contribution is -2.35. The van der Waals surface area contributed by atoms with E-state index in [1.54, 1.807) is 48.5 Å². The summed E-state index contributed by atoms with van der Waals surface area (Å²) in [4.78, 5) is 25.5. The summed E-state index contributed by atoms with van der Waals surface area (Å²) in [5.74, 6) is 0.0214. The van der Waals surface area contributed by atoms with E-state index in [0.717, 1.165) is 5.56 Å². The zero-order chi connectivity index (χ0) is 25.0. The Balaban J connectivity index is 1.57. The van der Waals surface area contributed by atoms with Crippen molar-refractivity contribution in [3.8, 4) is 5.75 Å². The van der Waals surface area contributed by atoms with Crippen molar-refractivity contribution in [2.24, 2.45) is 0 Å². The predicted molar refractivity (Wildman–Crippen MR) is 141 cm³/mol. The molecule has 2 amide bonds. The monoisotopic (exact) mass is 491 g/mol. The highest BCUT2D eigenvalue weighted by atomic mass is 32.1. The van der Waals surface area contributed by atoms with Crippen LogP contribution < -0.4 is 20.7 Å². The van der Waals surface area contributed by atoms with Crippen LogP contribution in [0.5, 0.6) is 5.75 Å². The summed E-state index contributed by atoms with van der Waals surface area (Å²) < 4.78 is 10.8. The van der Waals surface area contributed by atoms with Gasteiger partial charge in [0.2, 0.25) is 0 Å². The molecular formula is C27H29N3O4S. The van der Waals surface area contributed by atoms with Crippen molar-refractivity contribution >= 4 is 34.8 Å². The van der Waals surface area contributed by atoms with Crippen LogP contribution in [0, 0.1) is 0 Å². The first-order valence-electron chi connectivity index (χ1n) is 11.4. The van der Waals surface area contributed by atoms with Crippen LogP contribution in [0.3, 0.4) is 0 Å². The van der Waals surface area contributed by atoms with Crippen molar-refractivity contribution in [1.82, 2.24) is 10.6 Å². The van der Waals surface area contributed by atoms with E-state index >= 15 is 0 Å². The third-order valence-corrected chi connectivity index (χ3v) is 5.32. The number of hydrogen-bond acceptors (Lipinski definition) is 5. The molecule has 0 bridgehead atoms. The highest BCUT2D eigenvalue weighted by molar-refractivity contribution is 7.80. The zero-order valence-corrected chi connectivity index (χ0v) is 20.6. The molecular weight excluding hydrogens is 462 g/mol. The van der Waals surface area contributed by atoms with Crippen LogP contribution in [0.1, 0.15) is 46.2 Å². The van der Waals surface area contributed by atoms with E-state index in [2.05, 4.69) is 16.0 Å². The number of ether oxygens (including phenoxy) is 2. The molecule has 35 heavy (non-hydrogen) atoms. The van der Waals surface area contributed by atoms with E-state index in [1.807, 2.05) is 44.2 Å². The van der Waals surface area contributed by atoms with E-state index in [9.17, 15) is 9.59 Å². The zero-order valence-electron chi connectivity index (χ0n) is 19.7. The minimum absolute atomic E-state index is 0.0865. The third-order valence-electron chi connectivity index (χ3n) is 5.11. The highest BCUT2D eigenvalue weighted by Gasteiger charge is 2.16. The number of nitrogens with one attached hydrogen (secondary N) is 3. The largest absolute Gasteiger partial charge is 0.491 e. The molecule has 8 heteroatoms. The molecule has 182 valence electrons. The second kappa shape index (κ2) is 13.2. The average molecular weight is 492 g/mol. The molecule has 0 aliphatic rings. The number of rotatable bonds is 10. The standard InChI is InChI=1S/C27H29N3O4S/c1-3-33-17-18-34-22-15-13-21(14-16-22)25(31)30-27(35)29-24-12-8-7-11-23(24)26(32)28-19(2)20-9-5-4-6-10-20/h4-16,19H,3,17-18H2,1-2H3,(H,28,32)(H2,29,30,31,35). The SMILES string of the molecule is CCOCCOc1ccc(C(=O)NC(=S)Nc2ccccc2C(=O)NC(C)c2ccccc2)cc1. The van der Waals surface area contributed by atoms with E-state index in [1.165, 1.54) is 0 Å². The van der Waals surface area contributed by atoms with Gasteiger partial charge in [0.25, 0.3) is 11.8 Å². The Morgan fingerprint density at radius 3 is 2.29 bits per heavy atom. The molecule has 0 saturated carbocycles. The molecule has 3 N–H and O–H groups in total. The molecule has 3 aromatic rings. The van der Waals surface area contributed by atoms with Crippen LogP contribution in [0.25, 0.3) is 0 Å². The van der Waals surface area contributed by atoms with Gasteiger partial charge in [-0.1, -0.05) is 42.5 Å². The first-order chi connectivity index (χ1) is 17.0. The first-order valence-corrected chi connectivity index (χ1v) is 11.8. The summed E-state index contributed by atoms with van der Waals surface area (Å²) in [5.41, 5.74) is 2.34. The Labute approximate surface area is 210 Å². The molecule has 0 aromatic heterocycles. The maximum absolute atomic E-state index is 12.9. The number of anilines is 1. The Kier molecular flexibility index (Phi) is 9.77. The normalized spacial score (nSPS) is 11.3. The number of carbonyl (C=O) groups excluding carboxylic acids is 2. The molecule has 0 aliphatic heterocycles. The Morgan fingerprint density at radius 1 is 0.886 bits per heavy atom. The number of benzene rings is 3. The minimum Gasteiger partial charge on any atom is -0.491 e. The van der Waals surface area contributed by atoms with Gasteiger partial charge < -0.3 is 20.1 Å². The summed E-state index contributed by atoms with van der Waals surface area (Å²) in [6.07, 6.45) is 0. The minimum atomic E-state index is -0.372. The lowest BCUT2D eigenvalue weighted by Gasteiger charge is -2.17. The second-order valence-corrected chi connectivity index (χ2v) is 8.04. The van der Waals surface area contributed by atoms with Crippen molar-refractivity contribution in [2.45, 2.75) is 19.9 Å². The summed E-state index contributed by atoms with van der Waals surface area (Å²) in [7, 11) is 0. The number of amides is 2. The Morgan fingerprint density at radius 2 is 1.57 bits per heavy atom. The smallest absolute Gasteiger partial charge is 0.257 e. The van der Waals surface area contributed by atoms with Crippen LogP contribution in [-0.2, 0) is 4.74 Å². The van der Waals surface area contributed by atoms with Crippen LogP contribution in [0.2, 0.25) is 0 Å². The quantitative estimate of drug-likeness (QED) is 0.281. The molecule has 0 aliphatic carbocycles. The van der Waals surface area contributed by atoms with Crippen molar-refractivity contribution in [3.05, 3.63) is 95.6 Å². The number of carbonyl (C=O) groups is 2. The van der Waals surface area contributed by atoms with Gasteiger partial charge in [-0.2, -0.15) is 0 Å². The average Bonchev–Trinajstić information content (AvgIpc) is 2.87. The maximum Gasteiger partial charge on any atom is 0.257 e. The molecule has 1 atom stereocenters. The van der Waals surface area contributed by atoms with Gasteiger partial charge in [-0.15, -0.1) is 0 Å². The first kappa shape index (κ1) is 25.9. The van der Waals surface area contributed by atoms with Crippen LogP contribution in [-0.4, -0.2) is 36.7 Å². The van der Waals surface area contributed by atoms with Crippen molar-refractivity contribution in [2.75, 3.05) is 25.1 Å². The molecule has 0 saturated heterocycles. The molecule has 3 aromatic carbocycles. The van der Waals surface area contributed by atoms with Gasteiger partial charge in [0.05, 0.1) is 23.9 Å². The maximum atomic E-state index is 12.9. The van der Waals surface area contributed by atoms with Crippen molar-refractivity contribution in [3.63, 3.8) is 0 Å². The molecule has 3 rings (SSSR count). The molecule has 0 radical (unpaired) electrons. The van der Waals surface area contributed by atoms with Crippen LogP contribution in [0.15, 0.2) is 78.9 Å². The fraction of sp³-hybridized carbons (Fsp3) is 0.222. The number of para-hydroxylation sites is 1. The molecule has 1 unspecified atom stereocenters. The van der Waals surface area contributed by atoms with Gasteiger partial charge in [0.15, 0.2) is 5.11 Å².